The minimum absolute atomic E-state index is 0.0132. The molecular weight excluding hydrogens is 366 g/mol. The van der Waals surface area contributed by atoms with Crippen LogP contribution < -0.4 is 20.3 Å². The van der Waals surface area contributed by atoms with Crippen LogP contribution in [-0.4, -0.2) is 45.1 Å². The quantitative estimate of drug-likeness (QED) is 0.756. The van der Waals surface area contributed by atoms with Crippen LogP contribution in [0.4, 0.5) is 5.69 Å². The van der Waals surface area contributed by atoms with E-state index in [4.69, 9.17) is 4.74 Å². The standard InChI is InChI=1S/C23H29N3O3/c1-17-5-3-4-6-21(17)26(23(28)19-7-9-20(29-2)10-8-19)16-22(27)25-15-18-11-13-24-14-12-18/h3-10,18,24H,11-16H2,1-2H3,(H,25,27). The third-order valence-electron chi connectivity index (χ3n) is 5.34. The largest absolute Gasteiger partial charge is 0.497 e. The van der Waals surface area contributed by atoms with E-state index in [9.17, 15) is 9.59 Å². The number of anilines is 1. The highest BCUT2D eigenvalue weighted by Crippen LogP contribution is 2.22. The van der Waals surface area contributed by atoms with Crippen LogP contribution in [0.2, 0.25) is 0 Å². The molecule has 0 radical (unpaired) electrons. The number of hydrogen-bond donors (Lipinski definition) is 2. The second kappa shape index (κ2) is 10.1. The van der Waals surface area contributed by atoms with E-state index in [0.29, 0.717) is 23.8 Å². The Morgan fingerprint density at radius 3 is 2.45 bits per heavy atom. The summed E-state index contributed by atoms with van der Waals surface area (Å²) in [5.41, 5.74) is 2.20. The van der Waals surface area contributed by atoms with Gasteiger partial charge in [-0.05, 0) is 74.7 Å². The number of hydrogen-bond acceptors (Lipinski definition) is 4. The maximum Gasteiger partial charge on any atom is 0.258 e. The zero-order valence-electron chi connectivity index (χ0n) is 17.1. The molecule has 0 saturated carbocycles. The van der Waals surface area contributed by atoms with Gasteiger partial charge < -0.3 is 15.4 Å². The van der Waals surface area contributed by atoms with Gasteiger partial charge in [-0.15, -0.1) is 0 Å². The zero-order chi connectivity index (χ0) is 20.6. The molecule has 154 valence electrons. The molecule has 1 heterocycles. The summed E-state index contributed by atoms with van der Waals surface area (Å²) in [6.45, 7) is 4.56. The second-order valence-corrected chi connectivity index (χ2v) is 7.40. The Morgan fingerprint density at radius 2 is 1.79 bits per heavy atom. The molecule has 6 nitrogen and oxygen atoms in total. The van der Waals surface area contributed by atoms with Crippen LogP contribution in [0.15, 0.2) is 48.5 Å². The van der Waals surface area contributed by atoms with Crippen LogP contribution >= 0.6 is 0 Å². The highest BCUT2D eigenvalue weighted by atomic mass is 16.5. The van der Waals surface area contributed by atoms with E-state index in [-0.39, 0.29) is 18.4 Å². The predicted octanol–water partition coefficient (Wildman–Crippen LogP) is 2.77. The van der Waals surface area contributed by atoms with E-state index in [1.54, 1.807) is 36.3 Å². The van der Waals surface area contributed by atoms with Crippen molar-refractivity contribution >= 4 is 17.5 Å². The van der Waals surface area contributed by atoms with E-state index >= 15 is 0 Å². The fraction of sp³-hybridized carbons (Fsp3) is 0.391. The van der Waals surface area contributed by atoms with Crippen molar-refractivity contribution in [2.24, 2.45) is 5.92 Å². The van der Waals surface area contributed by atoms with Crippen molar-refractivity contribution < 1.29 is 14.3 Å². The lowest BCUT2D eigenvalue weighted by Gasteiger charge is -2.26. The third kappa shape index (κ3) is 5.57. The van der Waals surface area contributed by atoms with Crippen LogP contribution in [0.5, 0.6) is 5.75 Å². The van der Waals surface area contributed by atoms with Gasteiger partial charge in [0.25, 0.3) is 5.91 Å². The lowest BCUT2D eigenvalue weighted by Crippen LogP contribution is -2.43. The van der Waals surface area contributed by atoms with E-state index in [2.05, 4.69) is 10.6 Å². The first-order valence-corrected chi connectivity index (χ1v) is 10.1. The van der Waals surface area contributed by atoms with Crippen molar-refractivity contribution in [3.63, 3.8) is 0 Å². The van der Waals surface area contributed by atoms with Crippen LogP contribution in [-0.2, 0) is 4.79 Å². The lowest BCUT2D eigenvalue weighted by atomic mass is 9.98. The maximum absolute atomic E-state index is 13.2. The smallest absolute Gasteiger partial charge is 0.258 e. The third-order valence-corrected chi connectivity index (χ3v) is 5.34. The molecule has 1 aliphatic heterocycles. The number of carbonyl (C=O) groups excluding carboxylic acids is 2. The SMILES string of the molecule is COc1ccc(C(=O)N(CC(=O)NCC2CCNCC2)c2ccccc2C)cc1. The van der Waals surface area contributed by atoms with Gasteiger partial charge in [-0.1, -0.05) is 18.2 Å². The molecule has 0 unspecified atom stereocenters. The van der Waals surface area contributed by atoms with Gasteiger partial charge in [0.15, 0.2) is 0 Å². The summed E-state index contributed by atoms with van der Waals surface area (Å²) < 4.78 is 5.17. The Balaban J connectivity index is 1.74. The van der Waals surface area contributed by atoms with E-state index < -0.39 is 0 Å². The number of carbonyl (C=O) groups is 2. The first-order chi connectivity index (χ1) is 14.1. The number of aryl methyl sites for hydroxylation is 1. The number of methoxy groups -OCH3 is 1. The number of ether oxygens (including phenoxy) is 1. The number of nitrogens with one attached hydrogen (secondary N) is 2. The summed E-state index contributed by atoms with van der Waals surface area (Å²) in [5, 5.41) is 6.35. The topological polar surface area (TPSA) is 70.7 Å². The number of rotatable bonds is 7. The molecule has 1 saturated heterocycles. The number of nitrogens with zero attached hydrogens (tertiary/aromatic N) is 1. The fourth-order valence-electron chi connectivity index (χ4n) is 3.57. The molecule has 6 heteroatoms. The van der Waals surface area contributed by atoms with E-state index in [1.807, 2.05) is 31.2 Å². The Bertz CT molecular complexity index is 830. The average molecular weight is 396 g/mol. The minimum Gasteiger partial charge on any atom is -0.497 e. The van der Waals surface area contributed by atoms with E-state index in [1.165, 1.54) is 0 Å². The minimum atomic E-state index is -0.209. The Labute approximate surface area is 172 Å². The molecular formula is C23H29N3O3. The molecule has 29 heavy (non-hydrogen) atoms. The fourth-order valence-corrected chi connectivity index (χ4v) is 3.57. The van der Waals surface area contributed by atoms with Gasteiger partial charge in [0.1, 0.15) is 12.3 Å². The summed E-state index contributed by atoms with van der Waals surface area (Å²) in [6, 6.07) is 14.6. The van der Waals surface area contributed by atoms with Gasteiger partial charge in [0.05, 0.1) is 7.11 Å². The summed E-state index contributed by atoms with van der Waals surface area (Å²) >= 11 is 0. The molecule has 0 aliphatic carbocycles. The molecule has 0 aromatic heterocycles. The van der Waals surface area contributed by atoms with Crippen LogP contribution in [0, 0.1) is 12.8 Å². The van der Waals surface area contributed by atoms with Gasteiger partial charge in [-0.2, -0.15) is 0 Å². The number of amides is 2. The van der Waals surface area contributed by atoms with Gasteiger partial charge in [0, 0.05) is 17.8 Å². The highest BCUT2D eigenvalue weighted by Gasteiger charge is 2.23. The molecule has 2 amide bonds. The van der Waals surface area contributed by atoms with Crippen LogP contribution in [0.1, 0.15) is 28.8 Å². The van der Waals surface area contributed by atoms with Crippen molar-refractivity contribution in [1.82, 2.24) is 10.6 Å². The van der Waals surface area contributed by atoms with Gasteiger partial charge in [-0.25, -0.2) is 0 Å². The molecule has 3 rings (SSSR count). The molecule has 0 spiro atoms. The van der Waals surface area contributed by atoms with E-state index in [0.717, 1.165) is 37.2 Å². The molecule has 1 fully saturated rings. The maximum atomic E-state index is 13.2. The van der Waals surface area contributed by atoms with Crippen molar-refractivity contribution in [3.05, 3.63) is 59.7 Å². The Kier molecular flexibility index (Phi) is 7.25. The predicted molar refractivity (Wildman–Crippen MR) is 114 cm³/mol. The number of piperidine rings is 1. The van der Waals surface area contributed by atoms with Gasteiger partial charge >= 0.3 is 0 Å². The monoisotopic (exact) mass is 395 g/mol. The Hall–Kier alpha value is -2.86. The van der Waals surface area contributed by atoms with Crippen LogP contribution in [0.25, 0.3) is 0 Å². The molecule has 2 N–H and O–H groups in total. The summed E-state index contributed by atoms with van der Waals surface area (Å²) in [7, 11) is 1.59. The molecule has 1 aliphatic rings. The summed E-state index contributed by atoms with van der Waals surface area (Å²) in [4.78, 5) is 27.5. The summed E-state index contributed by atoms with van der Waals surface area (Å²) in [6.07, 6.45) is 2.12. The highest BCUT2D eigenvalue weighted by molar-refractivity contribution is 6.09. The summed E-state index contributed by atoms with van der Waals surface area (Å²) in [5.74, 6) is 0.820. The second-order valence-electron chi connectivity index (χ2n) is 7.40. The average Bonchev–Trinajstić information content (AvgIpc) is 2.77. The van der Waals surface area contributed by atoms with Crippen molar-refractivity contribution in [1.29, 1.82) is 0 Å². The van der Waals surface area contributed by atoms with Crippen LogP contribution in [0.3, 0.4) is 0 Å². The zero-order valence-corrected chi connectivity index (χ0v) is 17.1. The number of benzene rings is 2. The normalized spacial score (nSPS) is 14.3. The molecule has 2 aromatic carbocycles. The molecule has 0 bridgehead atoms. The molecule has 2 aromatic rings. The van der Waals surface area contributed by atoms with Crippen molar-refractivity contribution in [2.75, 3.05) is 38.2 Å². The van der Waals surface area contributed by atoms with Gasteiger partial charge in [-0.3, -0.25) is 14.5 Å². The number of para-hydroxylation sites is 1. The van der Waals surface area contributed by atoms with Gasteiger partial charge in [0.2, 0.25) is 5.91 Å². The Morgan fingerprint density at radius 1 is 1.10 bits per heavy atom. The van der Waals surface area contributed by atoms with Crippen molar-refractivity contribution in [2.45, 2.75) is 19.8 Å². The molecule has 0 atom stereocenters. The first-order valence-electron chi connectivity index (χ1n) is 10.1. The first kappa shape index (κ1) is 20.9. The lowest BCUT2D eigenvalue weighted by molar-refractivity contribution is -0.119. The van der Waals surface area contributed by atoms with Crippen molar-refractivity contribution in [3.8, 4) is 5.75 Å².